The molecule has 64 valence electrons. The molecule has 0 spiro atoms. The van der Waals surface area contributed by atoms with Crippen LogP contribution in [0, 0.1) is 0 Å². The molecule has 0 saturated carbocycles. The molecular formula is C7H14N2O2. The van der Waals surface area contributed by atoms with Crippen molar-refractivity contribution in [2.24, 2.45) is 5.73 Å². The highest BCUT2D eigenvalue weighted by molar-refractivity contribution is 5.87. The van der Waals surface area contributed by atoms with Gasteiger partial charge in [0, 0.05) is 6.42 Å². The van der Waals surface area contributed by atoms with Crippen molar-refractivity contribution in [2.45, 2.75) is 19.4 Å². The maximum Gasteiger partial charge on any atom is 0.235 e. The van der Waals surface area contributed by atoms with Gasteiger partial charge < -0.3 is 5.73 Å². The highest BCUT2D eigenvalue weighted by atomic mass is 16.1. The molecule has 0 aromatic heterocycles. The Labute approximate surface area is 66.4 Å². The molecule has 1 atom stereocenters. The van der Waals surface area contributed by atoms with E-state index in [1.54, 1.807) is 19.0 Å². The lowest BCUT2D eigenvalue weighted by Crippen LogP contribution is -2.41. The number of primary amides is 1. The van der Waals surface area contributed by atoms with E-state index in [9.17, 15) is 9.59 Å². The van der Waals surface area contributed by atoms with Crippen molar-refractivity contribution >= 4 is 11.7 Å². The van der Waals surface area contributed by atoms with Crippen LogP contribution in [0.15, 0.2) is 0 Å². The number of ketones is 1. The second-order valence-electron chi connectivity index (χ2n) is 2.79. The third-order valence-electron chi connectivity index (χ3n) is 1.43. The van der Waals surface area contributed by atoms with E-state index >= 15 is 0 Å². The molecule has 11 heavy (non-hydrogen) atoms. The summed E-state index contributed by atoms with van der Waals surface area (Å²) in [5.41, 5.74) is 5.05. The first-order valence-corrected chi connectivity index (χ1v) is 3.40. The molecule has 0 aromatic rings. The minimum absolute atomic E-state index is 0.0255. The topological polar surface area (TPSA) is 63.4 Å². The van der Waals surface area contributed by atoms with Crippen molar-refractivity contribution in [1.82, 2.24) is 4.90 Å². The lowest BCUT2D eigenvalue weighted by atomic mass is 10.1. The van der Waals surface area contributed by atoms with Crippen molar-refractivity contribution in [2.75, 3.05) is 14.1 Å². The fourth-order valence-electron chi connectivity index (χ4n) is 0.810. The van der Waals surface area contributed by atoms with Crippen molar-refractivity contribution in [3.8, 4) is 0 Å². The number of likely N-dealkylation sites (N-methyl/N-ethyl adjacent to an activating group) is 1. The van der Waals surface area contributed by atoms with Gasteiger partial charge in [-0.25, -0.2) is 0 Å². The standard InChI is InChI=1S/C7H14N2O2/c1-5(10)4-6(7(8)11)9(2)3/h6H,4H2,1-3H3,(H2,8,11). The normalized spacial score (nSPS) is 13.1. The monoisotopic (exact) mass is 158 g/mol. The van der Waals surface area contributed by atoms with Gasteiger partial charge in [-0.1, -0.05) is 0 Å². The lowest BCUT2D eigenvalue weighted by Gasteiger charge is -2.19. The molecule has 4 heteroatoms. The first kappa shape index (κ1) is 10.1. The van der Waals surface area contributed by atoms with Crippen LogP contribution >= 0.6 is 0 Å². The predicted molar refractivity (Wildman–Crippen MR) is 42.0 cm³/mol. The van der Waals surface area contributed by atoms with E-state index < -0.39 is 11.9 Å². The number of rotatable bonds is 4. The smallest absolute Gasteiger partial charge is 0.235 e. The molecule has 0 rings (SSSR count). The molecule has 0 aliphatic rings. The molecule has 0 aliphatic carbocycles. The van der Waals surface area contributed by atoms with Crippen molar-refractivity contribution < 1.29 is 9.59 Å². The predicted octanol–water partition coefficient (Wildman–Crippen LogP) is -0.619. The summed E-state index contributed by atoms with van der Waals surface area (Å²) in [7, 11) is 3.44. The number of hydrogen-bond acceptors (Lipinski definition) is 3. The summed E-state index contributed by atoms with van der Waals surface area (Å²) in [5, 5.41) is 0. The van der Waals surface area contributed by atoms with E-state index in [1.807, 2.05) is 0 Å². The molecule has 0 fully saturated rings. The molecule has 0 saturated heterocycles. The summed E-state index contributed by atoms with van der Waals surface area (Å²) >= 11 is 0. The van der Waals surface area contributed by atoms with Crippen LogP contribution in [0.3, 0.4) is 0 Å². The van der Waals surface area contributed by atoms with Crippen LogP contribution in [-0.2, 0) is 9.59 Å². The first-order valence-electron chi connectivity index (χ1n) is 3.40. The first-order chi connectivity index (χ1) is 4.95. The fourth-order valence-corrected chi connectivity index (χ4v) is 0.810. The zero-order chi connectivity index (χ0) is 9.02. The minimum Gasteiger partial charge on any atom is -0.368 e. The van der Waals surface area contributed by atoms with Crippen LogP contribution in [0.2, 0.25) is 0 Å². The van der Waals surface area contributed by atoms with Gasteiger partial charge in [-0.05, 0) is 21.0 Å². The zero-order valence-corrected chi connectivity index (χ0v) is 7.13. The average molecular weight is 158 g/mol. The number of Topliss-reactive ketones (excluding diaryl/α,β-unsaturated/α-hetero) is 1. The van der Waals surface area contributed by atoms with Gasteiger partial charge in [-0.3, -0.25) is 14.5 Å². The van der Waals surface area contributed by atoms with Crippen LogP contribution < -0.4 is 5.73 Å². The highest BCUT2D eigenvalue weighted by Crippen LogP contribution is 1.98. The second-order valence-corrected chi connectivity index (χ2v) is 2.79. The molecule has 4 nitrogen and oxygen atoms in total. The Kier molecular flexibility index (Phi) is 3.74. The van der Waals surface area contributed by atoms with Crippen molar-refractivity contribution in [1.29, 1.82) is 0 Å². The third kappa shape index (κ3) is 3.72. The van der Waals surface area contributed by atoms with Gasteiger partial charge in [0.15, 0.2) is 0 Å². The lowest BCUT2D eigenvalue weighted by molar-refractivity contribution is -0.127. The molecule has 1 unspecified atom stereocenters. The molecular weight excluding hydrogens is 144 g/mol. The number of hydrogen-bond donors (Lipinski definition) is 1. The van der Waals surface area contributed by atoms with Gasteiger partial charge in [0.05, 0.1) is 6.04 Å². The van der Waals surface area contributed by atoms with Crippen LogP contribution in [-0.4, -0.2) is 36.7 Å². The van der Waals surface area contributed by atoms with Gasteiger partial charge in [0.25, 0.3) is 0 Å². The van der Waals surface area contributed by atoms with E-state index in [4.69, 9.17) is 5.73 Å². The summed E-state index contributed by atoms with van der Waals surface area (Å²) in [4.78, 5) is 23.0. The molecule has 0 bridgehead atoms. The summed E-state index contributed by atoms with van der Waals surface area (Å²) < 4.78 is 0. The average Bonchev–Trinajstić information content (AvgIpc) is 1.81. The summed E-state index contributed by atoms with van der Waals surface area (Å²) in [6.45, 7) is 1.44. The van der Waals surface area contributed by atoms with E-state index in [2.05, 4.69) is 0 Å². The van der Waals surface area contributed by atoms with Crippen molar-refractivity contribution in [3.05, 3.63) is 0 Å². The Morgan fingerprint density at radius 1 is 1.45 bits per heavy atom. The highest BCUT2D eigenvalue weighted by Gasteiger charge is 2.18. The van der Waals surface area contributed by atoms with Crippen LogP contribution in [0.25, 0.3) is 0 Å². The summed E-state index contributed by atoms with van der Waals surface area (Å²) in [6.07, 6.45) is 0.197. The molecule has 0 aromatic carbocycles. The fraction of sp³-hybridized carbons (Fsp3) is 0.714. The second kappa shape index (κ2) is 4.08. The van der Waals surface area contributed by atoms with E-state index in [-0.39, 0.29) is 12.2 Å². The van der Waals surface area contributed by atoms with Gasteiger partial charge in [-0.2, -0.15) is 0 Å². The summed E-state index contributed by atoms with van der Waals surface area (Å²) in [5.74, 6) is -0.479. The van der Waals surface area contributed by atoms with E-state index in [0.717, 1.165) is 0 Å². The number of nitrogens with zero attached hydrogens (tertiary/aromatic N) is 1. The van der Waals surface area contributed by atoms with E-state index in [1.165, 1.54) is 6.92 Å². The maximum absolute atomic E-state index is 10.7. The van der Waals surface area contributed by atoms with E-state index in [0.29, 0.717) is 0 Å². The Hall–Kier alpha value is -0.900. The largest absolute Gasteiger partial charge is 0.368 e. The van der Waals surface area contributed by atoms with Gasteiger partial charge in [0.1, 0.15) is 5.78 Å². The molecule has 0 heterocycles. The molecule has 0 radical (unpaired) electrons. The van der Waals surface area contributed by atoms with Crippen molar-refractivity contribution in [3.63, 3.8) is 0 Å². The van der Waals surface area contributed by atoms with Gasteiger partial charge >= 0.3 is 0 Å². The van der Waals surface area contributed by atoms with Crippen LogP contribution in [0.4, 0.5) is 0 Å². The third-order valence-corrected chi connectivity index (χ3v) is 1.43. The number of carbonyl (C=O) groups excluding carboxylic acids is 2. The Balaban J connectivity index is 4.12. The Bertz CT molecular complexity index is 166. The molecule has 0 aliphatic heterocycles. The maximum atomic E-state index is 10.7. The minimum atomic E-state index is -0.465. The SMILES string of the molecule is CC(=O)CC(C(N)=O)N(C)C. The summed E-state index contributed by atoms with van der Waals surface area (Å²) in [6, 6.07) is -0.465. The Morgan fingerprint density at radius 3 is 2.00 bits per heavy atom. The number of amides is 1. The number of nitrogens with two attached hydrogens (primary N) is 1. The quantitative estimate of drug-likeness (QED) is 0.593. The van der Waals surface area contributed by atoms with Crippen LogP contribution in [0.5, 0.6) is 0 Å². The molecule has 2 N–H and O–H groups in total. The Morgan fingerprint density at radius 2 is 1.91 bits per heavy atom. The molecule has 1 amide bonds. The number of carbonyl (C=O) groups is 2. The van der Waals surface area contributed by atoms with Gasteiger partial charge in [-0.15, -0.1) is 0 Å². The van der Waals surface area contributed by atoms with Gasteiger partial charge in [0.2, 0.25) is 5.91 Å². The zero-order valence-electron chi connectivity index (χ0n) is 7.13. The van der Waals surface area contributed by atoms with Crippen LogP contribution in [0.1, 0.15) is 13.3 Å².